The summed E-state index contributed by atoms with van der Waals surface area (Å²) in [6.07, 6.45) is 24.7. The van der Waals surface area contributed by atoms with E-state index in [4.69, 9.17) is 9.47 Å². The first-order valence-corrected chi connectivity index (χ1v) is 18.6. The van der Waals surface area contributed by atoms with Crippen LogP contribution >= 0.6 is 0 Å². The molecule has 4 aliphatic carbocycles. The van der Waals surface area contributed by atoms with Crippen molar-refractivity contribution in [3.05, 3.63) is 35.5 Å². The number of aliphatic hydroxyl groups is 2. The van der Waals surface area contributed by atoms with Crippen LogP contribution < -0.4 is 0 Å². The van der Waals surface area contributed by atoms with Crippen LogP contribution in [0.1, 0.15) is 144 Å². The summed E-state index contributed by atoms with van der Waals surface area (Å²) in [6.45, 7) is 11.3. The van der Waals surface area contributed by atoms with Gasteiger partial charge in [-0.05, 0) is 62.5 Å². The van der Waals surface area contributed by atoms with Gasteiger partial charge in [0.1, 0.15) is 17.8 Å². The molecule has 2 N–H and O–H groups in total. The molecule has 47 heavy (non-hydrogen) atoms. The maximum absolute atomic E-state index is 13.3. The molecule has 0 saturated heterocycles. The van der Waals surface area contributed by atoms with E-state index in [-0.39, 0.29) is 30.8 Å². The van der Waals surface area contributed by atoms with Crippen LogP contribution in [0, 0.1) is 29.1 Å². The normalized spacial score (nSPS) is 33.7. The molecule has 7 nitrogen and oxygen atoms in total. The van der Waals surface area contributed by atoms with Crippen molar-refractivity contribution in [2.45, 2.75) is 161 Å². The third kappa shape index (κ3) is 7.66. The largest absolute Gasteiger partial charge is 0.461 e. The van der Waals surface area contributed by atoms with Gasteiger partial charge in [0.15, 0.2) is 5.78 Å². The summed E-state index contributed by atoms with van der Waals surface area (Å²) in [4.78, 5) is 38.3. The highest BCUT2D eigenvalue weighted by Gasteiger charge is 2.83. The molecule has 0 heterocycles. The van der Waals surface area contributed by atoms with Gasteiger partial charge in [-0.25, -0.2) is 0 Å². The van der Waals surface area contributed by atoms with E-state index in [0.717, 1.165) is 25.7 Å². The highest BCUT2D eigenvalue weighted by Crippen LogP contribution is 2.76. The van der Waals surface area contributed by atoms with E-state index < -0.39 is 45.8 Å². The lowest BCUT2D eigenvalue weighted by atomic mass is 9.60. The number of hydrogen-bond acceptors (Lipinski definition) is 7. The molecule has 0 radical (unpaired) electrons. The van der Waals surface area contributed by atoms with Crippen molar-refractivity contribution in [2.75, 3.05) is 6.61 Å². The average molecular weight is 655 g/mol. The minimum Gasteiger partial charge on any atom is -0.461 e. The molecule has 2 saturated carbocycles. The van der Waals surface area contributed by atoms with Crippen molar-refractivity contribution >= 4 is 17.7 Å². The van der Waals surface area contributed by atoms with Crippen LogP contribution in [-0.2, 0) is 23.9 Å². The summed E-state index contributed by atoms with van der Waals surface area (Å²) >= 11 is 0. The fourth-order valence-corrected chi connectivity index (χ4v) is 9.38. The molecule has 0 aromatic carbocycles. The number of ether oxygens (including phenoxy) is 2. The van der Waals surface area contributed by atoms with Gasteiger partial charge in [0.25, 0.3) is 0 Å². The summed E-state index contributed by atoms with van der Waals surface area (Å²) in [5.74, 6) is -2.92. The van der Waals surface area contributed by atoms with Gasteiger partial charge in [0.2, 0.25) is 0 Å². The summed E-state index contributed by atoms with van der Waals surface area (Å²) < 4.78 is 11.7. The fourth-order valence-electron chi connectivity index (χ4n) is 9.38. The molecule has 0 aliphatic heterocycles. The van der Waals surface area contributed by atoms with Crippen LogP contribution in [-0.4, -0.2) is 51.3 Å². The van der Waals surface area contributed by atoms with Crippen LogP contribution in [0.3, 0.4) is 0 Å². The molecular formula is C40H62O7. The molecule has 264 valence electrons. The van der Waals surface area contributed by atoms with Gasteiger partial charge in [0.05, 0.1) is 5.60 Å². The lowest BCUT2D eigenvalue weighted by Crippen LogP contribution is -2.61. The van der Waals surface area contributed by atoms with Crippen LogP contribution in [0.25, 0.3) is 0 Å². The van der Waals surface area contributed by atoms with Crippen molar-refractivity contribution in [2.24, 2.45) is 29.1 Å². The van der Waals surface area contributed by atoms with E-state index >= 15 is 0 Å². The van der Waals surface area contributed by atoms with Gasteiger partial charge in [0, 0.05) is 42.9 Å². The molecule has 2 fully saturated rings. The Hall–Kier alpha value is -2.25. The third-order valence-corrected chi connectivity index (χ3v) is 12.1. The first-order valence-electron chi connectivity index (χ1n) is 18.6. The Bertz CT molecular complexity index is 1230. The highest BCUT2D eigenvalue weighted by atomic mass is 16.6. The smallest absolute Gasteiger partial charge is 0.306 e. The maximum Gasteiger partial charge on any atom is 0.306 e. The molecule has 4 aliphatic rings. The second kappa shape index (κ2) is 15.5. The number of carbonyl (C=O) groups is 3. The van der Waals surface area contributed by atoms with Gasteiger partial charge in [-0.3, -0.25) is 14.4 Å². The Morgan fingerprint density at radius 2 is 1.53 bits per heavy atom. The highest BCUT2D eigenvalue weighted by molar-refractivity contribution is 6.04. The molecule has 0 amide bonds. The van der Waals surface area contributed by atoms with Crippen LogP contribution in [0.15, 0.2) is 35.5 Å². The number of carbonyl (C=O) groups excluding carboxylic acids is 3. The van der Waals surface area contributed by atoms with Crippen molar-refractivity contribution in [3.63, 3.8) is 0 Å². The molecule has 4 rings (SSSR count). The van der Waals surface area contributed by atoms with E-state index in [1.165, 1.54) is 64.7 Å². The van der Waals surface area contributed by atoms with E-state index in [1.807, 2.05) is 13.0 Å². The van der Waals surface area contributed by atoms with Crippen LogP contribution in [0.4, 0.5) is 0 Å². The zero-order valence-corrected chi connectivity index (χ0v) is 30.1. The van der Waals surface area contributed by atoms with Gasteiger partial charge in [-0.2, -0.15) is 0 Å². The number of rotatable bonds is 18. The van der Waals surface area contributed by atoms with E-state index in [0.29, 0.717) is 24.0 Å². The number of unbranched alkanes of at least 4 members (excludes halogenated alkanes) is 11. The second-order valence-electron chi connectivity index (χ2n) is 15.8. The number of esters is 2. The predicted octanol–water partition coefficient (Wildman–Crippen LogP) is 8.12. The number of Topliss-reactive ketones (excluding diaryl/α,β-unsaturated/α-hetero) is 1. The zero-order valence-electron chi connectivity index (χ0n) is 30.1. The minimum atomic E-state index is -1.81. The Morgan fingerprint density at radius 3 is 2.15 bits per heavy atom. The van der Waals surface area contributed by atoms with Crippen molar-refractivity contribution in [3.8, 4) is 0 Å². The maximum atomic E-state index is 13.3. The summed E-state index contributed by atoms with van der Waals surface area (Å²) in [5, 5.41) is 24.4. The predicted molar refractivity (Wildman–Crippen MR) is 184 cm³/mol. The number of ketones is 1. The third-order valence-electron chi connectivity index (χ3n) is 12.1. The Kier molecular flexibility index (Phi) is 12.4. The molecule has 0 spiro atoms. The Labute approximate surface area is 283 Å². The monoisotopic (exact) mass is 654 g/mol. The van der Waals surface area contributed by atoms with Crippen molar-refractivity contribution in [1.82, 2.24) is 0 Å². The molecule has 7 heteroatoms. The molecule has 0 aromatic rings. The number of fused-ring (bicyclic) bond motifs is 5. The fraction of sp³-hybridized carbons (Fsp3) is 0.775. The van der Waals surface area contributed by atoms with Crippen LogP contribution in [0.2, 0.25) is 0 Å². The summed E-state index contributed by atoms with van der Waals surface area (Å²) in [7, 11) is 0. The van der Waals surface area contributed by atoms with E-state index in [9.17, 15) is 24.6 Å². The SMILES string of the molecule is CCCCCCCCC=CCCCCCCCC(=O)OC12CC(C)C3(O)C(C=C(COC(C)=O)CC4(O)C(=O)C(C)=CC43)C1C2(C)C. The lowest BCUT2D eigenvalue weighted by Gasteiger charge is -2.50. The first-order chi connectivity index (χ1) is 22.3. The lowest BCUT2D eigenvalue weighted by molar-refractivity contribution is -0.187. The minimum absolute atomic E-state index is 0.0153. The summed E-state index contributed by atoms with van der Waals surface area (Å²) in [5.41, 5.74) is -3.36. The van der Waals surface area contributed by atoms with Gasteiger partial charge >= 0.3 is 11.9 Å². The standard InChI is InChI=1S/C40H62O7/c1-7-8-9-10-11-12-13-14-15-16-17-18-19-20-21-22-34(42)47-39-25-29(3)40(45)32(35(39)37(39,5)6)24-31(27-46-30(4)41)26-38(44)33(40)23-28(2)36(38)43/h14-15,23-24,29,32-33,35,44-45H,7-13,16-22,25-27H2,1-6H3. The number of allylic oxidation sites excluding steroid dienone is 2. The molecule has 0 aromatic heterocycles. The first kappa shape index (κ1) is 37.6. The van der Waals surface area contributed by atoms with Crippen LogP contribution in [0.5, 0.6) is 0 Å². The molecule has 0 bridgehead atoms. The van der Waals surface area contributed by atoms with Gasteiger partial charge < -0.3 is 19.7 Å². The second-order valence-corrected chi connectivity index (χ2v) is 15.8. The average Bonchev–Trinajstić information content (AvgIpc) is 3.41. The zero-order chi connectivity index (χ0) is 34.5. The molecule has 7 unspecified atom stereocenters. The molecule has 7 atom stereocenters. The van der Waals surface area contributed by atoms with E-state index in [2.05, 4.69) is 32.9 Å². The van der Waals surface area contributed by atoms with Gasteiger partial charge in [-0.1, -0.05) is 103 Å². The van der Waals surface area contributed by atoms with Crippen molar-refractivity contribution < 1.29 is 34.1 Å². The Balaban J connectivity index is 1.30. The topological polar surface area (TPSA) is 110 Å². The van der Waals surface area contributed by atoms with Crippen molar-refractivity contribution in [1.29, 1.82) is 0 Å². The summed E-state index contributed by atoms with van der Waals surface area (Å²) in [6, 6.07) is 0. The number of hydrogen-bond donors (Lipinski definition) is 2. The van der Waals surface area contributed by atoms with E-state index in [1.54, 1.807) is 13.0 Å². The molecular weight excluding hydrogens is 592 g/mol. The quantitative estimate of drug-likeness (QED) is 0.0873. The van der Waals surface area contributed by atoms with Gasteiger partial charge in [-0.15, -0.1) is 0 Å². The Morgan fingerprint density at radius 1 is 0.936 bits per heavy atom.